The SMILES string of the molecule is COc1cc(C)ccc1C(C)NCC1(CO)CCCC1. The highest BCUT2D eigenvalue weighted by Crippen LogP contribution is 2.37. The second kappa shape index (κ2) is 6.59. The van der Waals surface area contributed by atoms with E-state index >= 15 is 0 Å². The Hall–Kier alpha value is -1.06. The summed E-state index contributed by atoms with van der Waals surface area (Å²) in [5, 5.41) is 13.3. The first kappa shape index (κ1) is 15.3. The fourth-order valence-electron chi connectivity index (χ4n) is 3.17. The van der Waals surface area contributed by atoms with E-state index in [-0.39, 0.29) is 18.1 Å². The van der Waals surface area contributed by atoms with Crippen molar-refractivity contribution in [3.05, 3.63) is 29.3 Å². The van der Waals surface area contributed by atoms with Gasteiger partial charge in [-0.1, -0.05) is 25.0 Å². The Morgan fingerprint density at radius 2 is 2.05 bits per heavy atom. The third-order valence-corrected chi connectivity index (χ3v) is 4.64. The van der Waals surface area contributed by atoms with Crippen molar-refractivity contribution in [1.82, 2.24) is 5.32 Å². The van der Waals surface area contributed by atoms with E-state index in [4.69, 9.17) is 4.74 Å². The van der Waals surface area contributed by atoms with Gasteiger partial charge in [-0.25, -0.2) is 0 Å². The smallest absolute Gasteiger partial charge is 0.123 e. The predicted molar refractivity (Wildman–Crippen MR) is 82.1 cm³/mol. The van der Waals surface area contributed by atoms with E-state index in [1.165, 1.54) is 24.0 Å². The molecule has 1 aliphatic rings. The number of aliphatic hydroxyl groups is 1. The Bertz CT molecular complexity index is 439. The maximum atomic E-state index is 9.67. The van der Waals surface area contributed by atoms with Crippen molar-refractivity contribution in [2.45, 2.75) is 45.6 Å². The van der Waals surface area contributed by atoms with Crippen molar-refractivity contribution in [1.29, 1.82) is 0 Å². The highest BCUT2D eigenvalue weighted by atomic mass is 16.5. The zero-order chi connectivity index (χ0) is 14.6. The zero-order valence-corrected chi connectivity index (χ0v) is 12.9. The van der Waals surface area contributed by atoms with E-state index in [9.17, 15) is 5.11 Å². The second-order valence-electron chi connectivity index (χ2n) is 6.21. The van der Waals surface area contributed by atoms with Crippen LogP contribution in [-0.2, 0) is 0 Å². The molecule has 0 heterocycles. The minimum atomic E-state index is 0.0895. The molecule has 112 valence electrons. The molecule has 1 saturated carbocycles. The normalized spacial score (nSPS) is 19.0. The molecule has 0 amide bonds. The lowest BCUT2D eigenvalue weighted by Gasteiger charge is -2.29. The fraction of sp³-hybridized carbons (Fsp3) is 0.647. The molecule has 2 rings (SSSR count). The molecule has 0 bridgehead atoms. The average molecular weight is 277 g/mol. The third-order valence-electron chi connectivity index (χ3n) is 4.64. The minimum absolute atomic E-state index is 0.0895. The second-order valence-corrected chi connectivity index (χ2v) is 6.21. The molecule has 1 aromatic rings. The van der Waals surface area contributed by atoms with E-state index in [0.29, 0.717) is 0 Å². The molecule has 3 nitrogen and oxygen atoms in total. The molecule has 0 aromatic heterocycles. The summed E-state index contributed by atoms with van der Waals surface area (Å²) in [6, 6.07) is 6.55. The van der Waals surface area contributed by atoms with E-state index in [2.05, 4.69) is 37.4 Å². The Balaban J connectivity index is 2.03. The van der Waals surface area contributed by atoms with Gasteiger partial charge in [-0.05, 0) is 38.3 Å². The molecule has 20 heavy (non-hydrogen) atoms. The molecular formula is C17H27NO2. The summed E-state index contributed by atoms with van der Waals surface area (Å²) in [5.74, 6) is 0.939. The number of aliphatic hydroxyl groups excluding tert-OH is 1. The van der Waals surface area contributed by atoms with E-state index in [0.717, 1.165) is 25.1 Å². The van der Waals surface area contributed by atoms with Gasteiger partial charge < -0.3 is 15.2 Å². The summed E-state index contributed by atoms with van der Waals surface area (Å²) in [6.45, 7) is 5.40. The van der Waals surface area contributed by atoms with Crippen LogP contribution in [0.4, 0.5) is 0 Å². The molecule has 3 heteroatoms. The highest BCUT2D eigenvalue weighted by molar-refractivity contribution is 5.39. The van der Waals surface area contributed by atoms with Crippen LogP contribution in [0.5, 0.6) is 5.75 Å². The Morgan fingerprint density at radius 1 is 1.35 bits per heavy atom. The largest absolute Gasteiger partial charge is 0.496 e. The topological polar surface area (TPSA) is 41.5 Å². The first-order valence-corrected chi connectivity index (χ1v) is 7.59. The van der Waals surface area contributed by atoms with Gasteiger partial charge in [0, 0.05) is 30.2 Å². The van der Waals surface area contributed by atoms with Crippen molar-refractivity contribution in [3.63, 3.8) is 0 Å². The summed E-state index contributed by atoms with van der Waals surface area (Å²) in [4.78, 5) is 0. The summed E-state index contributed by atoms with van der Waals surface area (Å²) < 4.78 is 5.48. The van der Waals surface area contributed by atoms with Gasteiger partial charge in [0.25, 0.3) is 0 Å². The monoisotopic (exact) mass is 277 g/mol. The maximum Gasteiger partial charge on any atom is 0.123 e. The van der Waals surface area contributed by atoms with Gasteiger partial charge in [-0.3, -0.25) is 0 Å². The minimum Gasteiger partial charge on any atom is -0.496 e. The number of rotatable bonds is 6. The van der Waals surface area contributed by atoms with Crippen LogP contribution in [0, 0.1) is 12.3 Å². The maximum absolute atomic E-state index is 9.67. The van der Waals surface area contributed by atoms with Crippen LogP contribution in [0.3, 0.4) is 0 Å². The molecule has 0 radical (unpaired) electrons. The molecular weight excluding hydrogens is 250 g/mol. The first-order chi connectivity index (χ1) is 9.60. The van der Waals surface area contributed by atoms with Gasteiger partial charge in [0.2, 0.25) is 0 Å². The third kappa shape index (κ3) is 3.33. The van der Waals surface area contributed by atoms with Gasteiger partial charge in [0.15, 0.2) is 0 Å². The van der Waals surface area contributed by atoms with Crippen molar-refractivity contribution >= 4 is 0 Å². The van der Waals surface area contributed by atoms with Gasteiger partial charge in [-0.2, -0.15) is 0 Å². The molecule has 1 fully saturated rings. The van der Waals surface area contributed by atoms with Crippen molar-refractivity contribution in [2.24, 2.45) is 5.41 Å². The molecule has 2 N–H and O–H groups in total. The summed E-state index contributed by atoms with van der Waals surface area (Å²) in [5.41, 5.74) is 2.48. The van der Waals surface area contributed by atoms with Gasteiger partial charge in [-0.15, -0.1) is 0 Å². The van der Waals surface area contributed by atoms with Crippen LogP contribution >= 0.6 is 0 Å². The molecule has 1 aliphatic carbocycles. The first-order valence-electron chi connectivity index (χ1n) is 7.59. The predicted octanol–water partition coefficient (Wildman–Crippen LogP) is 3.21. The number of benzene rings is 1. The van der Waals surface area contributed by atoms with Gasteiger partial charge in [0.1, 0.15) is 5.75 Å². The van der Waals surface area contributed by atoms with Crippen molar-refractivity contribution in [3.8, 4) is 5.75 Å². The molecule has 0 saturated heterocycles. The number of hydrogen-bond donors (Lipinski definition) is 2. The lowest BCUT2D eigenvalue weighted by molar-refractivity contribution is 0.125. The van der Waals surface area contributed by atoms with Crippen molar-refractivity contribution in [2.75, 3.05) is 20.3 Å². The van der Waals surface area contributed by atoms with Crippen LogP contribution in [0.15, 0.2) is 18.2 Å². The molecule has 0 spiro atoms. The van der Waals surface area contributed by atoms with E-state index in [1.54, 1.807) is 7.11 Å². The summed E-state index contributed by atoms with van der Waals surface area (Å²) in [6.07, 6.45) is 4.75. The number of nitrogens with one attached hydrogen (secondary N) is 1. The standard InChI is InChI=1S/C17H27NO2/c1-13-6-7-15(16(10-13)20-3)14(2)18-11-17(12-19)8-4-5-9-17/h6-7,10,14,18-19H,4-5,8-9,11-12H2,1-3H3. The van der Waals surface area contributed by atoms with Crippen LogP contribution in [0.25, 0.3) is 0 Å². The Labute approximate surface area is 122 Å². The molecule has 1 aromatic carbocycles. The lowest BCUT2D eigenvalue weighted by atomic mass is 9.87. The molecule has 0 aliphatic heterocycles. The molecule has 1 atom stereocenters. The van der Waals surface area contributed by atoms with Crippen LogP contribution in [0.2, 0.25) is 0 Å². The molecule has 1 unspecified atom stereocenters. The number of methoxy groups -OCH3 is 1. The van der Waals surface area contributed by atoms with Crippen LogP contribution < -0.4 is 10.1 Å². The summed E-state index contributed by atoms with van der Waals surface area (Å²) >= 11 is 0. The zero-order valence-electron chi connectivity index (χ0n) is 12.9. The number of aryl methyl sites for hydroxylation is 1. The Morgan fingerprint density at radius 3 is 2.65 bits per heavy atom. The lowest BCUT2D eigenvalue weighted by Crippen LogP contribution is -2.36. The van der Waals surface area contributed by atoms with Crippen LogP contribution in [-0.4, -0.2) is 25.4 Å². The van der Waals surface area contributed by atoms with E-state index in [1.807, 2.05) is 0 Å². The highest BCUT2D eigenvalue weighted by Gasteiger charge is 2.33. The van der Waals surface area contributed by atoms with Crippen LogP contribution in [0.1, 0.15) is 49.8 Å². The van der Waals surface area contributed by atoms with Gasteiger partial charge >= 0.3 is 0 Å². The summed E-state index contributed by atoms with van der Waals surface area (Å²) in [7, 11) is 1.72. The quantitative estimate of drug-likeness (QED) is 0.839. The van der Waals surface area contributed by atoms with Crippen molar-refractivity contribution < 1.29 is 9.84 Å². The number of ether oxygens (including phenoxy) is 1. The van der Waals surface area contributed by atoms with E-state index < -0.39 is 0 Å². The van der Waals surface area contributed by atoms with Gasteiger partial charge in [0.05, 0.1) is 7.11 Å². The number of hydrogen-bond acceptors (Lipinski definition) is 3. The Kier molecular flexibility index (Phi) is 5.06. The average Bonchev–Trinajstić information content (AvgIpc) is 2.94. The fourth-order valence-corrected chi connectivity index (χ4v) is 3.17.